The Bertz CT molecular complexity index is 572. The van der Waals surface area contributed by atoms with Crippen molar-refractivity contribution in [1.29, 1.82) is 0 Å². The minimum atomic E-state index is -0.177. The molecule has 1 aliphatic rings. The predicted molar refractivity (Wildman–Crippen MR) is 93.8 cm³/mol. The molecule has 1 fully saturated rings. The fourth-order valence-corrected chi connectivity index (χ4v) is 3.34. The summed E-state index contributed by atoms with van der Waals surface area (Å²) in [6.07, 6.45) is 1.62. The number of carbonyl (C=O) groups is 3. The molecule has 1 aromatic heterocycles. The van der Waals surface area contributed by atoms with Crippen LogP contribution in [0.2, 0.25) is 0 Å². The fourth-order valence-electron chi connectivity index (χ4n) is 2.65. The Kier molecular flexibility index (Phi) is 6.78. The molecule has 0 saturated carbocycles. The van der Waals surface area contributed by atoms with Crippen molar-refractivity contribution in [2.75, 3.05) is 26.2 Å². The fraction of sp³-hybridized carbons (Fsp3) is 0.588. The number of carbonyl (C=O) groups excluding carboxylic acids is 3. The van der Waals surface area contributed by atoms with E-state index in [1.165, 1.54) is 11.3 Å². The van der Waals surface area contributed by atoms with E-state index in [2.05, 4.69) is 10.6 Å². The third-order valence-electron chi connectivity index (χ3n) is 4.06. The Labute approximate surface area is 146 Å². The zero-order valence-electron chi connectivity index (χ0n) is 14.2. The van der Waals surface area contributed by atoms with Crippen LogP contribution in [0.15, 0.2) is 17.5 Å². The quantitative estimate of drug-likeness (QED) is 0.762. The van der Waals surface area contributed by atoms with Crippen molar-refractivity contribution < 1.29 is 14.4 Å². The van der Waals surface area contributed by atoms with Crippen LogP contribution in [-0.2, 0) is 9.59 Å². The normalized spacial score (nSPS) is 17.6. The highest BCUT2D eigenvalue weighted by Gasteiger charge is 2.29. The van der Waals surface area contributed by atoms with Crippen LogP contribution in [0.1, 0.15) is 36.4 Å². The lowest BCUT2D eigenvalue weighted by atomic mass is 9.97. The van der Waals surface area contributed by atoms with Crippen LogP contribution in [0.5, 0.6) is 0 Å². The van der Waals surface area contributed by atoms with E-state index in [1.807, 2.05) is 31.4 Å². The molecule has 1 atom stereocenters. The van der Waals surface area contributed by atoms with Crippen LogP contribution in [0.4, 0.5) is 0 Å². The molecular weight excluding hydrogens is 326 g/mol. The number of amides is 3. The number of thiophene rings is 1. The van der Waals surface area contributed by atoms with Gasteiger partial charge in [-0.05, 0) is 24.3 Å². The molecule has 132 valence electrons. The van der Waals surface area contributed by atoms with Crippen molar-refractivity contribution in [2.45, 2.75) is 26.7 Å². The highest BCUT2D eigenvalue weighted by atomic mass is 32.1. The van der Waals surface area contributed by atoms with Crippen molar-refractivity contribution in [2.24, 2.45) is 11.8 Å². The molecular formula is C17H25N3O3S. The molecule has 3 amide bonds. The maximum absolute atomic E-state index is 12.4. The number of likely N-dealkylation sites (tertiary alicyclic amines) is 1. The largest absolute Gasteiger partial charge is 0.354 e. The van der Waals surface area contributed by atoms with E-state index < -0.39 is 0 Å². The number of hydrogen-bond acceptors (Lipinski definition) is 4. The Hall–Kier alpha value is -1.89. The SMILES string of the molecule is CC(C)C(=O)NCCNC(=O)[C@@H]1CCCN(C(=O)c2cccs2)C1. The molecule has 2 N–H and O–H groups in total. The monoisotopic (exact) mass is 351 g/mol. The molecule has 0 unspecified atom stereocenters. The Balaban J connectivity index is 1.76. The minimum absolute atomic E-state index is 0.00620. The molecule has 0 bridgehead atoms. The molecule has 6 nitrogen and oxygen atoms in total. The third-order valence-corrected chi connectivity index (χ3v) is 4.92. The van der Waals surface area contributed by atoms with Crippen LogP contribution in [0, 0.1) is 11.8 Å². The lowest BCUT2D eigenvalue weighted by molar-refractivity contribution is -0.127. The van der Waals surface area contributed by atoms with Gasteiger partial charge in [0.25, 0.3) is 5.91 Å². The van der Waals surface area contributed by atoms with Gasteiger partial charge in [-0.1, -0.05) is 19.9 Å². The van der Waals surface area contributed by atoms with Crippen molar-refractivity contribution in [3.63, 3.8) is 0 Å². The first-order chi connectivity index (χ1) is 11.5. The van der Waals surface area contributed by atoms with E-state index in [9.17, 15) is 14.4 Å². The molecule has 1 aliphatic heterocycles. The molecule has 7 heteroatoms. The summed E-state index contributed by atoms with van der Waals surface area (Å²) in [5.74, 6) is -0.293. The van der Waals surface area contributed by atoms with E-state index in [4.69, 9.17) is 0 Å². The smallest absolute Gasteiger partial charge is 0.263 e. The zero-order valence-corrected chi connectivity index (χ0v) is 15.0. The minimum Gasteiger partial charge on any atom is -0.354 e. The molecule has 2 rings (SSSR count). The predicted octanol–water partition coefficient (Wildman–Crippen LogP) is 1.49. The number of piperidine rings is 1. The number of rotatable bonds is 6. The summed E-state index contributed by atoms with van der Waals surface area (Å²) in [6.45, 7) is 5.65. The second-order valence-corrected chi connectivity index (χ2v) is 7.25. The van der Waals surface area contributed by atoms with E-state index in [0.29, 0.717) is 31.1 Å². The molecule has 0 aromatic carbocycles. The highest BCUT2D eigenvalue weighted by molar-refractivity contribution is 7.12. The van der Waals surface area contributed by atoms with Gasteiger partial charge in [-0.3, -0.25) is 14.4 Å². The topological polar surface area (TPSA) is 78.5 Å². The van der Waals surface area contributed by atoms with Gasteiger partial charge in [-0.2, -0.15) is 0 Å². The summed E-state index contributed by atoms with van der Waals surface area (Å²) in [6, 6.07) is 3.67. The maximum Gasteiger partial charge on any atom is 0.263 e. The van der Waals surface area contributed by atoms with Gasteiger partial charge in [0.1, 0.15) is 0 Å². The lowest BCUT2D eigenvalue weighted by Gasteiger charge is -2.31. The second kappa shape index (κ2) is 8.82. The molecule has 0 spiro atoms. The number of hydrogen-bond donors (Lipinski definition) is 2. The zero-order chi connectivity index (χ0) is 17.5. The molecule has 1 saturated heterocycles. The van der Waals surface area contributed by atoms with Crippen molar-refractivity contribution >= 4 is 29.1 Å². The van der Waals surface area contributed by atoms with E-state index >= 15 is 0 Å². The summed E-state index contributed by atoms with van der Waals surface area (Å²) >= 11 is 1.42. The summed E-state index contributed by atoms with van der Waals surface area (Å²) < 4.78 is 0. The van der Waals surface area contributed by atoms with Crippen molar-refractivity contribution in [3.05, 3.63) is 22.4 Å². The second-order valence-electron chi connectivity index (χ2n) is 6.30. The third kappa shape index (κ3) is 5.06. The molecule has 1 aromatic rings. The first-order valence-corrected chi connectivity index (χ1v) is 9.25. The van der Waals surface area contributed by atoms with Gasteiger partial charge in [0.15, 0.2) is 0 Å². The lowest BCUT2D eigenvalue weighted by Crippen LogP contribution is -2.46. The van der Waals surface area contributed by atoms with Gasteiger partial charge in [0.05, 0.1) is 10.8 Å². The van der Waals surface area contributed by atoms with Gasteiger partial charge in [0, 0.05) is 32.1 Å². The van der Waals surface area contributed by atoms with E-state index in [-0.39, 0.29) is 29.6 Å². The summed E-state index contributed by atoms with van der Waals surface area (Å²) in [4.78, 5) is 38.6. The molecule has 2 heterocycles. The Morgan fingerprint density at radius 2 is 2.04 bits per heavy atom. The van der Waals surface area contributed by atoms with Gasteiger partial charge in [-0.25, -0.2) is 0 Å². The first kappa shape index (κ1) is 18.4. The van der Waals surface area contributed by atoms with Gasteiger partial charge < -0.3 is 15.5 Å². The van der Waals surface area contributed by atoms with Gasteiger partial charge in [0.2, 0.25) is 11.8 Å². The Morgan fingerprint density at radius 3 is 2.71 bits per heavy atom. The molecule has 0 radical (unpaired) electrons. The van der Waals surface area contributed by atoms with E-state index in [1.54, 1.807) is 4.90 Å². The highest BCUT2D eigenvalue weighted by Crippen LogP contribution is 2.20. The van der Waals surface area contributed by atoms with Crippen LogP contribution in [-0.4, -0.2) is 48.8 Å². The standard InChI is InChI=1S/C17H25N3O3S/c1-12(2)15(21)18-7-8-19-16(22)13-5-3-9-20(11-13)17(23)14-6-4-10-24-14/h4,6,10,12-13H,3,5,7-9,11H2,1-2H3,(H,18,21)(H,19,22)/t13-/m1/s1. The number of nitrogens with zero attached hydrogens (tertiary/aromatic N) is 1. The first-order valence-electron chi connectivity index (χ1n) is 8.37. The van der Waals surface area contributed by atoms with Gasteiger partial charge in [-0.15, -0.1) is 11.3 Å². The Morgan fingerprint density at radius 1 is 1.29 bits per heavy atom. The summed E-state index contributed by atoms with van der Waals surface area (Å²) in [5, 5.41) is 7.50. The van der Waals surface area contributed by atoms with Crippen LogP contribution in [0.3, 0.4) is 0 Å². The van der Waals surface area contributed by atoms with Crippen molar-refractivity contribution in [3.8, 4) is 0 Å². The summed E-state index contributed by atoms with van der Waals surface area (Å²) in [5.41, 5.74) is 0. The van der Waals surface area contributed by atoms with Crippen molar-refractivity contribution in [1.82, 2.24) is 15.5 Å². The molecule has 0 aliphatic carbocycles. The van der Waals surface area contributed by atoms with Crippen LogP contribution >= 0.6 is 11.3 Å². The average Bonchev–Trinajstić information content (AvgIpc) is 3.12. The maximum atomic E-state index is 12.4. The average molecular weight is 351 g/mol. The molecule has 24 heavy (non-hydrogen) atoms. The summed E-state index contributed by atoms with van der Waals surface area (Å²) in [7, 11) is 0. The van der Waals surface area contributed by atoms with Crippen LogP contribution < -0.4 is 10.6 Å². The van der Waals surface area contributed by atoms with E-state index in [0.717, 1.165) is 12.8 Å². The van der Waals surface area contributed by atoms with Crippen LogP contribution in [0.25, 0.3) is 0 Å². The van der Waals surface area contributed by atoms with Gasteiger partial charge >= 0.3 is 0 Å². The number of nitrogens with one attached hydrogen (secondary N) is 2.